The summed E-state index contributed by atoms with van der Waals surface area (Å²) in [6.45, 7) is 5.54. The molecule has 0 spiro atoms. The second-order valence-corrected chi connectivity index (χ2v) is 10.8. The third-order valence-corrected chi connectivity index (χ3v) is 8.93. The van der Waals surface area contributed by atoms with E-state index >= 15 is 0 Å². The first-order valence-corrected chi connectivity index (χ1v) is 13.7. The van der Waals surface area contributed by atoms with Crippen molar-refractivity contribution in [1.29, 1.82) is 0 Å². The summed E-state index contributed by atoms with van der Waals surface area (Å²) in [6, 6.07) is 18.4. The number of fused-ring (bicyclic) bond motifs is 5. The van der Waals surface area contributed by atoms with E-state index in [0.717, 1.165) is 50.8 Å². The minimum absolute atomic E-state index is 0.0301. The number of hydrogen-bond donors (Lipinski definition) is 2. The van der Waals surface area contributed by atoms with Crippen LogP contribution in [0.25, 0.3) is 11.2 Å². The van der Waals surface area contributed by atoms with Gasteiger partial charge in [-0.1, -0.05) is 61.9 Å². The van der Waals surface area contributed by atoms with Crippen molar-refractivity contribution in [3.8, 4) is 5.88 Å². The van der Waals surface area contributed by atoms with Crippen LogP contribution in [0.2, 0.25) is 0 Å². The molecule has 0 aliphatic carbocycles. The summed E-state index contributed by atoms with van der Waals surface area (Å²) in [4.78, 5) is 19.2. The fourth-order valence-corrected chi connectivity index (χ4v) is 7.13. The summed E-state index contributed by atoms with van der Waals surface area (Å²) in [6.07, 6.45) is 7.57. The zero-order valence-electron chi connectivity index (χ0n) is 21.3. The Labute approximate surface area is 217 Å². The van der Waals surface area contributed by atoms with Crippen molar-refractivity contribution in [1.82, 2.24) is 30.2 Å². The molecule has 190 valence electrons. The molecular formula is C30H34N6O. The number of nitrogens with one attached hydrogen (secondary N) is 2. The van der Waals surface area contributed by atoms with Gasteiger partial charge in [0.1, 0.15) is 17.9 Å². The van der Waals surface area contributed by atoms with Gasteiger partial charge in [-0.15, -0.1) is 0 Å². The van der Waals surface area contributed by atoms with Gasteiger partial charge in [-0.2, -0.15) is 4.98 Å². The lowest BCUT2D eigenvalue weighted by Gasteiger charge is -2.52. The summed E-state index contributed by atoms with van der Waals surface area (Å²) in [5, 5.41) is 3.86. The number of nitrogens with zero attached hydrogens (tertiary/aromatic N) is 4. The van der Waals surface area contributed by atoms with Crippen LogP contribution < -0.4 is 10.1 Å². The monoisotopic (exact) mass is 494 g/mol. The van der Waals surface area contributed by atoms with Crippen molar-refractivity contribution < 1.29 is 4.74 Å². The highest BCUT2D eigenvalue weighted by atomic mass is 16.5. The second-order valence-electron chi connectivity index (χ2n) is 10.8. The predicted octanol–water partition coefficient (Wildman–Crippen LogP) is 4.63. The van der Waals surface area contributed by atoms with Crippen LogP contribution in [0.15, 0.2) is 61.2 Å². The normalized spacial score (nSPS) is 27.3. The van der Waals surface area contributed by atoms with Gasteiger partial charge in [-0.25, -0.2) is 9.97 Å². The standard InChI is InChI=1S/C30H34N6O/c1-2-19-16-36-14-12-21-8-4-6-10-23(21)27(36)28(37-30-26-29(33-17-32-26)34-18-35-30)24(19)15-25-22-9-5-3-7-20(22)11-13-31-25/h3-10,17-19,24-25,27-28,31H,2,11-16H2,1H3,(H,32,33,34,35)/t19-,24+,25+,27+,28?/m0/s1. The van der Waals surface area contributed by atoms with Crippen molar-refractivity contribution in [2.45, 2.75) is 50.8 Å². The zero-order chi connectivity index (χ0) is 24.8. The Morgan fingerprint density at radius 2 is 1.78 bits per heavy atom. The number of aromatic amines is 1. The predicted molar refractivity (Wildman–Crippen MR) is 143 cm³/mol. The highest BCUT2D eigenvalue weighted by Crippen LogP contribution is 2.47. The van der Waals surface area contributed by atoms with Gasteiger partial charge in [0.15, 0.2) is 5.65 Å². The molecular weight excluding hydrogens is 460 g/mol. The first-order valence-electron chi connectivity index (χ1n) is 13.7. The molecule has 1 saturated heterocycles. The molecule has 2 N–H and O–H groups in total. The van der Waals surface area contributed by atoms with Crippen molar-refractivity contribution in [3.63, 3.8) is 0 Å². The maximum atomic E-state index is 7.04. The van der Waals surface area contributed by atoms with Gasteiger partial charge in [0.2, 0.25) is 5.88 Å². The number of ether oxygens (including phenoxy) is 1. The third-order valence-electron chi connectivity index (χ3n) is 8.93. The van der Waals surface area contributed by atoms with E-state index in [1.165, 1.54) is 22.3 Å². The SMILES string of the molecule is CC[C@H]1CN2CCc3ccccc3[C@@H]2C(Oc2ncnc3nc[nH]c23)[C@@H]1C[C@H]1NCCc2ccccc21. The van der Waals surface area contributed by atoms with Gasteiger partial charge in [0.05, 0.1) is 12.4 Å². The van der Waals surface area contributed by atoms with Crippen LogP contribution in [0.1, 0.15) is 54.1 Å². The molecule has 3 aliphatic heterocycles. The van der Waals surface area contributed by atoms with E-state index in [-0.39, 0.29) is 12.1 Å². The Balaban J connectivity index is 1.32. The topological polar surface area (TPSA) is 79.0 Å². The van der Waals surface area contributed by atoms with E-state index < -0.39 is 0 Å². The fraction of sp³-hybridized carbons (Fsp3) is 0.433. The Bertz CT molecular complexity index is 1400. The summed E-state index contributed by atoms with van der Waals surface area (Å²) < 4.78 is 7.04. The molecule has 5 heterocycles. The highest BCUT2D eigenvalue weighted by molar-refractivity contribution is 5.75. The fourth-order valence-electron chi connectivity index (χ4n) is 7.13. The maximum Gasteiger partial charge on any atom is 0.243 e. The molecule has 7 rings (SSSR count). The molecule has 1 unspecified atom stereocenters. The smallest absolute Gasteiger partial charge is 0.243 e. The van der Waals surface area contributed by atoms with Crippen LogP contribution in [0.4, 0.5) is 0 Å². The van der Waals surface area contributed by atoms with Crippen LogP contribution in [-0.4, -0.2) is 50.6 Å². The zero-order valence-corrected chi connectivity index (χ0v) is 21.3. The van der Waals surface area contributed by atoms with Crippen molar-refractivity contribution in [3.05, 3.63) is 83.4 Å². The summed E-state index contributed by atoms with van der Waals surface area (Å²) >= 11 is 0. The third kappa shape index (κ3) is 4.01. The van der Waals surface area contributed by atoms with Gasteiger partial charge in [-0.05, 0) is 54.0 Å². The largest absolute Gasteiger partial charge is 0.470 e. The van der Waals surface area contributed by atoms with Gasteiger partial charge in [0.25, 0.3) is 0 Å². The van der Waals surface area contributed by atoms with Crippen LogP contribution in [-0.2, 0) is 12.8 Å². The molecule has 2 aromatic heterocycles. The van der Waals surface area contributed by atoms with Gasteiger partial charge in [-0.3, -0.25) is 4.90 Å². The van der Waals surface area contributed by atoms with Crippen LogP contribution in [0.5, 0.6) is 5.88 Å². The summed E-state index contributed by atoms with van der Waals surface area (Å²) in [5.74, 6) is 1.52. The van der Waals surface area contributed by atoms with Gasteiger partial charge < -0.3 is 15.0 Å². The average Bonchev–Trinajstić information content (AvgIpc) is 3.44. The summed E-state index contributed by atoms with van der Waals surface area (Å²) in [7, 11) is 0. The van der Waals surface area contributed by atoms with Crippen LogP contribution in [0.3, 0.4) is 0 Å². The number of hydrogen-bond acceptors (Lipinski definition) is 6. The average molecular weight is 495 g/mol. The molecule has 1 fully saturated rings. The number of benzene rings is 2. The molecule has 0 bridgehead atoms. The van der Waals surface area contributed by atoms with Crippen LogP contribution >= 0.6 is 0 Å². The summed E-state index contributed by atoms with van der Waals surface area (Å²) in [5.41, 5.74) is 7.20. The molecule has 7 heteroatoms. The Morgan fingerprint density at radius 3 is 2.65 bits per heavy atom. The van der Waals surface area contributed by atoms with Gasteiger partial charge in [0, 0.05) is 25.0 Å². The molecule has 0 saturated carbocycles. The quantitative estimate of drug-likeness (QED) is 0.421. The van der Waals surface area contributed by atoms with E-state index in [4.69, 9.17) is 4.74 Å². The highest BCUT2D eigenvalue weighted by Gasteiger charge is 2.48. The van der Waals surface area contributed by atoms with Crippen LogP contribution in [0, 0.1) is 11.8 Å². The van der Waals surface area contributed by atoms with E-state index in [9.17, 15) is 0 Å². The number of rotatable bonds is 5. The number of H-pyrrole nitrogens is 1. The van der Waals surface area contributed by atoms with E-state index in [0.29, 0.717) is 29.4 Å². The Hall–Kier alpha value is -3.29. The Kier molecular flexibility index (Phi) is 5.90. The minimum Gasteiger partial charge on any atom is -0.470 e. The van der Waals surface area contributed by atoms with Crippen molar-refractivity contribution >= 4 is 11.2 Å². The Morgan fingerprint density at radius 1 is 0.973 bits per heavy atom. The second kappa shape index (κ2) is 9.54. The van der Waals surface area contributed by atoms with E-state index in [2.05, 4.69) is 85.6 Å². The van der Waals surface area contributed by atoms with E-state index in [1.54, 1.807) is 12.7 Å². The first-order chi connectivity index (χ1) is 18.3. The lowest BCUT2D eigenvalue weighted by Crippen LogP contribution is -2.56. The lowest BCUT2D eigenvalue weighted by atomic mass is 9.70. The minimum atomic E-state index is -0.0301. The maximum absolute atomic E-state index is 7.04. The molecule has 7 nitrogen and oxygen atoms in total. The molecule has 5 atom stereocenters. The first kappa shape index (κ1) is 22.9. The number of imidazole rings is 1. The number of aromatic nitrogens is 4. The molecule has 4 aromatic rings. The molecule has 0 radical (unpaired) electrons. The number of piperidine rings is 1. The van der Waals surface area contributed by atoms with E-state index in [1.807, 2.05) is 0 Å². The molecule has 2 aromatic carbocycles. The molecule has 0 amide bonds. The van der Waals surface area contributed by atoms with Crippen molar-refractivity contribution in [2.24, 2.45) is 11.8 Å². The lowest BCUT2D eigenvalue weighted by molar-refractivity contribution is -0.0615. The van der Waals surface area contributed by atoms with Gasteiger partial charge >= 0.3 is 0 Å². The molecule has 3 aliphatic rings. The molecule has 37 heavy (non-hydrogen) atoms. The van der Waals surface area contributed by atoms with Crippen molar-refractivity contribution in [2.75, 3.05) is 19.6 Å².